The van der Waals surface area contributed by atoms with E-state index in [0.717, 1.165) is 11.1 Å². The van der Waals surface area contributed by atoms with Gasteiger partial charge in [-0.1, -0.05) is 17.7 Å². The van der Waals surface area contributed by atoms with Crippen LogP contribution in [-0.2, 0) is 0 Å². The van der Waals surface area contributed by atoms with E-state index in [0.29, 0.717) is 5.75 Å². The second-order valence-corrected chi connectivity index (χ2v) is 2.71. The second-order valence-electron chi connectivity index (χ2n) is 2.71. The number of aryl methyl sites for hydroxylation is 2. The molecule has 0 heterocycles. The van der Waals surface area contributed by atoms with E-state index in [1.165, 1.54) is 0 Å². The van der Waals surface area contributed by atoms with Crippen molar-refractivity contribution in [2.75, 3.05) is 0 Å². The van der Waals surface area contributed by atoms with E-state index < -0.39 is 7.32 Å². The summed E-state index contributed by atoms with van der Waals surface area (Å²) in [5.74, 6) is 0.496. The van der Waals surface area contributed by atoms with Gasteiger partial charge in [-0.05, 0) is 25.5 Å². The summed E-state index contributed by atoms with van der Waals surface area (Å²) in [4.78, 5) is 0. The minimum Gasteiger partial charge on any atom is -1.00 e. The third-order valence-electron chi connectivity index (χ3n) is 1.56. The third kappa shape index (κ3) is 3.88. The molecule has 0 aliphatic heterocycles. The Balaban J connectivity index is 0. The average molecular weight is 174 g/mol. The molecule has 0 unspecified atom stereocenters. The summed E-state index contributed by atoms with van der Waals surface area (Å²) < 4.78 is 4.71. The Hall–Kier alpha value is -0.398. The standard InChI is InChI=1S/C8H11BO3.Li.H/c1-6-3-4-8(7(2)5-6)12-9(10)11;;/h3-5,10-11H,1-2H3;;/q;+1;-1. The van der Waals surface area contributed by atoms with Crippen LogP contribution in [0, 0.1) is 13.8 Å². The van der Waals surface area contributed by atoms with Crippen LogP contribution >= 0.6 is 0 Å². The average Bonchev–Trinajstić information content (AvgIpc) is 1.94. The summed E-state index contributed by atoms with van der Waals surface area (Å²) in [6, 6.07) is 5.48. The van der Waals surface area contributed by atoms with Gasteiger partial charge >= 0.3 is 26.2 Å². The Morgan fingerprint density at radius 1 is 1.31 bits per heavy atom. The molecular formula is C8H12BLiO3. The largest absolute Gasteiger partial charge is 1.00 e. The van der Waals surface area contributed by atoms with E-state index in [4.69, 9.17) is 14.7 Å². The van der Waals surface area contributed by atoms with E-state index in [1.807, 2.05) is 26.0 Å². The van der Waals surface area contributed by atoms with Gasteiger partial charge in [0, 0.05) is 0 Å². The first-order valence-corrected chi connectivity index (χ1v) is 3.69. The van der Waals surface area contributed by atoms with E-state index in [-0.39, 0.29) is 20.3 Å². The number of hydrogen-bond donors (Lipinski definition) is 2. The molecule has 0 saturated heterocycles. The van der Waals surface area contributed by atoms with Crippen molar-refractivity contribution in [3.8, 4) is 5.75 Å². The molecule has 3 nitrogen and oxygen atoms in total. The quantitative estimate of drug-likeness (QED) is 0.498. The fraction of sp³-hybridized carbons (Fsp3) is 0.250. The maximum atomic E-state index is 8.53. The van der Waals surface area contributed by atoms with Gasteiger partial charge in [0.1, 0.15) is 5.75 Å². The van der Waals surface area contributed by atoms with Crippen LogP contribution in [0.3, 0.4) is 0 Å². The minimum absolute atomic E-state index is 0. The Labute approximate surface area is 91.6 Å². The van der Waals surface area contributed by atoms with Crippen LogP contribution < -0.4 is 23.5 Å². The van der Waals surface area contributed by atoms with Crippen molar-refractivity contribution < 1.29 is 35.0 Å². The zero-order valence-corrected chi connectivity index (χ0v) is 8.11. The molecule has 0 saturated carbocycles. The van der Waals surface area contributed by atoms with Gasteiger partial charge in [-0.15, -0.1) is 0 Å². The van der Waals surface area contributed by atoms with Crippen molar-refractivity contribution >= 4 is 7.32 Å². The molecule has 66 valence electrons. The molecule has 0 aliphatic rings. The van der Waals surface area contributed by atoms with Gasteiger partial charge in [0.25, 0.3) is 0 Å². The predicted octanol–water partition coefficient (Wildman–Crippen LogP) is -2.23. The van der Waals surface area contributed by atoms with Crippen LogP contribution in [0.4, 0.5) is 0 Å². The summed E-state index contributed by atoms with van der Waals surface area (Å²) >= 11 is 0. The molecular weight excluding hydrogens is 162 g/mol. The molecule has 13 heavy (non-hydrogen) atoms. The first kappa shape index (κ1) is 12.6. The smallest absolute Gasteiger partial charge is 1.00 e. The summed E-state index contributed by atoms with van der Waals surface area (Å²) in [6.45, 7) is 3.82. The summed E-state index contributed by atoms with van der Waals surface area (Å²) in [7, 11) is -1.74. The van der Waals surface area contributed by atoms with Crippen molar-refractivity contribution in [3.05, 3.63) is 29.3 Å². The zero-order chi connectivity index (χ0) is 9.14. The molecule has 0 aromatic heterocycles. The van der Waals surface area contributed by atoms with E-state index in [9.17, 15) is 0 Å². The zero-order valence-electron chi connectivity index (χ0n) is 9.11. The van der Waals surface area contributed by atoms with E-state index >= 15 is 0 Å². The maximum absolute atomic E-state index is 8.53. The minimum atomic E-state index is -1.74. The predicted molar refractivity (Wildman–Crippen MR) is 47.8 cm³/mol. The first-order chi connectivity index (χ1) is 5.59. The van der Waals surface area contributed by atoms with Crippen LogP contribution in [0.5, 0.6) is 5.75 Å². The third-order valence-corrected chi connectivity index (χ3v) is 1.56. The van der Waals surface area contributed by atoms with Crippen LogP contribution in [0.2, 0.25) is 0 Å². The van der Waals surface area contributed by atoms with Gasteiger partial charge in [-0.25, -0.2) is 0 Å². The molecule has 0 aliphatic carbocycles. The molecule has 0 fully saturated rings. The van der Waals surface area contributed by atoms with Crippen molar-refractivity contribution in [1.82, 2.24) is 0 Å². The van der Waals surface area contributed by atoms with Crippen LogP contribution in [0.1, 0.15) is 12.6 Å². The Morgan fingerprint density at radius 3 is 2.38 bits per heavy atom. The van der Waals surface area contributed by atoms with Crippen molar-refractivity contribution in [2.45, 2.75) is 13.8 Å². The molecule has 0 spiro atoms. The van der Waals surface area contributed by atoms with Crippen molar-refractivity contribution in [1.29, 1.82) is 0 Å². The molecule has 1 rings (SSSR count). The molecule has 0 bridgehead atoms. The molecule has 5 heteroatoms. The van der Waals surface area contributed by atoms with Crippen molar-refractivity contribution in [2.24, 2.45) is 0 Å². The van der Waals surface area contributed by atoms with Gasteiger partial charge in [0.15, 0.2) is 0 Å². The van der Waals surface area contributed by atoms with E-state index in [2.05, 4.69) is 0 Å². The van der Waals surface area contributed by atoms with Crippen molar-refractivity contribution in [3.63, 3.8) is 0 Å². The number of hydrogen-bond acceptors (Lipinski definition) is 3. The molecule has 1 aromatic carbocycles. The van der Waals surface area contributed by atoms with E-state index in [1.54, 1.807) is 6.07 Å². The van der Waals surface area contributed by atoms with Gasteiger partial charge in [0.05, 0.1) is 0 Å². The fourth-order valence-electron chi connectivity index (χ4n) is 1.05. The van der Waals surface area contributed by atoms with Crippen LogP contribution in [0.25, 0.3) is 0 Å². The number of benzene rings is 1. The molecule has 0 amide bonds. The van der Waals surface area contributed by atoms with Crippen LogP contribution in [0.15, 0.2) is 18.2 Å². The molecule has 0 radical (unpaired) electrons. The van der Waals surface area contributed by atoms with Gasteiger partial charge in [0.2, 0.25) is 0 Å². The van der Waals surface area contributed by atoms with Gasteiger partial charge in [-0.2, -0.15) is 0 Å². The fourth-order valence-corrected chi connectivity index (χ4v) is 1.05. The SMILES string of the molecule is Cc1ccc(OB(O)O)c(C)c1.[H-].[Li+]. The second kappa shape index (κ2) is 5.36. The summed E-state index contributed by atoms with van der Waals surface area (Å²) in [5.41, 5.74) is 2.01. The summed E-state index contributed by atoms with van der Waals surface area (Å²) in [6.07, 6.45) is 0. The Bertz CT molecular complexity index is 283. The number of rotatable bonds is 2. The Morgan fingerprint density at radius 2 is 1.92 bits per heavy atom. The van der Waals surface area contributed by atoms with Gasteiger partial charge < -0.3 is 16.1 Å². The first-order valence-electron chi connectivity index (χ1n) is 3.69. The molecule has 0 atom stereocenters. The Kier molecular flexibility index (Phi) is 5.19. The van der Waals surface area contributed by atoms with Gasteiger partial charge in [-0.3, -0.25) is 0 Å². The monoisotopic (exact) mass is 174 g/mol. The molecule has 1 aromatic rings. The normalized spacial score (nSPS) is 8.92. The topological polar surface area (TPSA) is 49.7 Å². The summed E-state index contributed by atoms with van der Waals surface area (Å²) in [5, 5.41) is 17.1. The van der Waals surface area contributed by atoms with Crippen LogP contribution in [-0.4, -0.2) is 17.4 Å². The molecule has 2 N–H and O–H groups in total. The maximum Gasteiger partial charge on any atom is 1.00 e.